The molecule has 1 aliphatic heterocycles. The number of piperazine rings is 1. The Morgan fingerprint density at radius 1 is 1.50 bits per heavy atom. The van der Waals surface area contributed by atoms with Crippen molar-refractivity contribution in [2.45, 2.75) is 19.9 Å². The van der Waals surface area contributed by atoms with E-state index in [1.807, 2.05) is 13.8 Å². The van der Waals surface area contributed by atoms with E-state index in [9.17, 15) is 4.79 Å². The van der Waals surface area contributed by atoms with Gasteiger partial charge in [0, 0.05) is 32.2 Å². The van der Waals surface area contributed by atoms with E-state index in [0.717, 1.165) is 26.2 Å². The SMILES string of the molecule is CC(C)n1ncc(Cl)c1C(=O)CN1CCNCC1. The second-order valence-corrected chi connectivity index (χ2v) is 5.24. The fourth-order valence-corrected chi connectivity index (χ4v) is 2.38. The first kappa shape index (κ1) is 13.5. The van der Waals surface area contributed by atoms with E-state index in [-0.39, 0.29) is 11.8 Å². The van der Waals surface area contributed by atoms with Gasteiger partial charge in [0.15, 0.2) is 5.78 Å². The average molecular weight is 271 g/mol. The standard InChI is InChI=1S/C12H19ClN4O/c1-9(2)17-12(10(13)7-15-17)11(18)8-16-5-3-14-4-6-16/h7,9,14H,3-6,8H2,1-2H3. The van der Waals surface area contributed by atoms with Gasteiger partial charge in [-0.2, -0.15) is 5.10 Å². The molecule has 1 aromatic heterocycles. The molecule has 1 fully saturated rings. The number of aromatic nitrogens is 2. The van der Waals surface area contributed by atoms with Gasteiger partial charge in [-0.05, 0) is 13.8 Å². The molecule has 0 saturated carbocycles. The summed E-state index contributed by atoms with van der Waals surface area (Å²) in [6.07, 6.45) is 1.55. The molecule has 0 spiro atoms. The third kappa shape index (κ3) is 2.91. The molecule has 0 atom stereocenters. The number of Topliss-reactive ketones (excluding diaryl/α,β-unsaturated/α-hetero) is 1. The van der Waals surface area contributed by atoms with Crippen molar-refractivity contribution in [1.29, 1.82) is 0 Å². The Hall–Kier alpha value is -0.910. The average Bonchev–Trinajstić information content (AvgIpc) is 2.72. The molecule has 0 aliphatic carbocycles. The molecule has 5 nitrogen and oxygen atoms in total. The van der Waals surface area contributed by atoms with Gasteiger partial charge in [0.05, 0.1) is 17.8 Å². The monoisotopic (exact) mass is 270 g/mol. The number of rotatable bonds is 4. The molecule has 100 valence electrons. The molecule has 0 unspecified atom stereocenters. The number of nitrogens with zero attached hydrogens (tertiary/aromatic N) is 3. The maximum Gasteiger partial charge on any atom is 0.196 e. The number of ketones is 1. The molecule has 18 heavy (non-hydrogen) atoms. The highest BCUT2D eigenvalue weighted by Crippen LogP contribution is 2.19. The minimum Gasteiger partial charge on any atom is -0.314 e. The van der Waals surface area contributed by atoms with Crippen LogP contribution in [0.2, 0.25) is 5.02 Å². The zero-order valence-electron chi connectivity index (χ0n) is 10.8. The number of hydrogen-bond donors (Lipinski definition) is 1. The van der Waals surface area contributed by atoms with Gasteiger partial charge in [-0.1, -0.05) is 11.6 Å². The Balaban J connectivity index is 2.10. The lowest BCUT2D eigenvalue weighted by molar-refractivity contribution is 0.0909. The smallest absolute Gasteiger partial charge is 0.196 e. The van der Waals surface area contributed by atoms with E-state index in [4.69, 9.17) is 11.6 Å². The highest BCUT2D eigenvalue weighted by Gasteiger charge is 2.22. The van der Waals surface area contributed by atoms with Crippen LogP contribution in [0.1, 0.15) is 30.4 Å². The van der Waals surface area contributed by atoms with Crippen LogP contribution in [0, 0.1) is 0 Å². The maximum absolute atomic E-state index is 12.3. The van der Waals surface area contributed by atoms with Gasteiger partial charge in [-0.3, -0.25) is 14.4 Å². The fraction of sp³-hybridized carbons (Fsp3) is 0.667. The first-order chi connectivity index (χ1) is 8.59. The molecule has 1 aliphatic rings. The van der Waals surface area contributed by atoms with Crippen molar-refractivity contribution in [3.63, 3.8) is 0 Å². The molecule has 0 amide bonds. The summed E-state index contributed by atoms with van der Waals surface area (Å²) in [5.74, 6) is 0.0492. The number of halogens is 1. The predicted octanol–water partition coefficient (Wildman–Crippen LogP) is 1.21. The molecule has 0 radical (unpaired) electrons. The summed E-state index contributed by atoms with van der Waals surface area (Å²) in [5, 5.41) is 7.88. The Morgan fingerprint density at radius 2 is 2.17 bits per heavy atom. The molecule has 0 bridgehead atoms. The van der Waals surface area contributed by atoms with Gasteiger partial charge >= 0.3 is 0 Å². The molecule has 0 aromatic carbocycles. The van der Waals surface area contributed by atoms with Crippen LogP contribution in [0.3, 0.4) is 0 Å². The van der Waals surface area contributed by atoms with E-state index >= 15 is 0 Å². The van der Waals surface area contributed by atoms with Gasteiger partial charge in [0.2, 0.25) is 0 Å². The zero-order chi connectivity index (χ0) is 13.1. The lowest BCUT2D eigenvalue weighted by Crippen LogP contribution is -2.45. The highest BCUT2D eigenvalue weighted by molar-refractivity contribution is 6.33. The zero-order valence-corrected chi connectivity index (χ0v) is 11.6. The quantitative estimate of drug-likeness (QED) is 0.836. The van der Waals surface area contributed by atoms with Crippen LogP contribution in [-0.4, -0.2) is 53.2 Å². The molecule has 6 heteroatoms. The van der Waals surface area contributed by atoms with E-state index in [0.29, 0.717) is 17.3 Å². The summed E-state index contributed by atoms with van der Waals surface area (Å²) in [7, 11) is 0. The number of carbonyl (C=O) groups excluding carboxylic acids is 1. The van der Waals surface area contributed by atoms with E-state index in [1.165, 1.54) is 0 Å². The third-order valence-electron chi connectivity index (χ3n) is 3.08. The van der Waals surface area contributed by atoms with Crippen LogP contribution >= 0.6 is 11.6 Å². The first-order valence-corrected chi connectivity index (χ1v) is 6.66. The topological polar surface area (TPSA) is 50.2 Å². The highest BCUT2D eigenvalue weighted by atomic mass is 35.5. The Kier molecular flexibility index (Phi) is 4.37. The molecular formula is C12H19ClN4O. The molecule has 1 N–H and O–H groups in total. The normalized spacial score (nSPS) is 17.3. The van der Waals surface area contributed by atoms with Crippen molar-refractivity contribution in [1.82, 2.24) is 20.0 Å². The number of hydrogen-bond acceptors (Lipinski definition) is 4. The summed E-state index contributed by atoms with van der Waals surface area (Å²) in [6.45, 7) is 8.07. The van der Waals surface area contributed by atoms with Gasteiger partial charge in [-0.25, -0.2) is 0 Å². The van der Waals surface area contributed by atoms with Gasteiger partial charge in [0.1, 0.15) is 5.69 Å². The Morgan fingerprint density at radius 3 is 2.78 bits per heavy atom. The summed E-state index contributed by atoms with van der Waals surface area (Å²) >= 11 is 6.07. The summed E-state index contributed by atoms with van der Waals surface area (Å²) in [4.78, 5) is 14.5. The van der Waals surface area contributed by atoms with Crippen molar-refractivity contribution in [3.8, 4) is 0 Å². The van der Waals surface area contributed by atoms with Crippen LogP contribution in [0.15, 0.2) is 6.20 Å². The summed E-state index contributed by atoms with van der Waals surface area (Å²) in [6, 6.07) is 0.138. The van der Waals surface area contributed by atoms with Crippen molar-refractivity contribution < 1.29 is 4.79 Å². The summed E-state index contributed by atoms with van der Waals surface area (Å²) in [5.41, 5.74) is 0.533. The van der Waals surface area contributed by atoms with Crippen LogP contribution < -0.4 is 5.32 Å². The second kappa shape index (κ2) is 5.82. The molecule has 1 aromatic rings. The predicted molar refractivity (Wildman–Crippen MR) is 71.3 cm³/mol. The van der Waals surface area contributed by atoms with E-state index < -0.39 is 0 Å². The number of carbonyl (C=O) groups is 1. The first-order valence-electron chi connectivity index (χ1n) is 6.29. The van der Waals surface area contributed by atoms with E-state index in [2.05, 4.69) is 15.3 Å². The molecule has 1 saturated heterocycles. The van der Waals surface area contributed by atoms with Gasteiger partial charge < -0.3 is 5.32 Å². The third-order valence-corrected chi connectivity index (χ3v) is 3.36. The molecular weight excluding hydrogens is 252 g/mol. The van der Waals surface area contributed by atoms with Crippen LogP contribution in [0.4, 0.5) is 0 Å². The maximum atomic E-state index is 12.3. The Labute approximate surface area is 112 Å². The van der Waals surface area contributed by atoms with Crippen molar-refractivity contribution >= 4 is 17.4 Å². The molecule has 2 rings (SSSR count). The Bertz CT molecular complexity index is 424. The van der Waals surface area contributed by atoms with Crippen molar-refractivity contribution in [2.24, 2.45) is 0 Å². The van der Waals surface area contributed by atoms with E-state index in [1.54, 1.807) is 10.9 Å². The van der Waals surface area contributed by atoms with Gasteiger partial charge in [0.25, 0.3) is 0 Å². The van der Waals surface area contributed by atoms with Crippen LogP contribution in [-0.2, 0) is 0 Å². The van der Waals surface area contributed by atoms with Crippen molar-refractivity contribution in [3.05, 3.63) is 16.9 Å². The lowest BCUT2D eigenvalue weighted by atomic mass is 10.2. The minimum absolute atomic E-state index is 0.0492. The largest absolute Gasteiger partial charge is 0.314 e. The van der Waals surface area contributed by atoms with Gasteiger partial charge in [-0.15, -0.1) is 0 Å². The molecule has 2 heterocycles. The van der Waals surface area contributed by atoms with Crippen LogP contribution in [0.5, 0.6) is 0 Å². The lowest BCUT2D eigenvalue weighted by Gasteiger charge is -2.26. The summed E-state index contributed by atoms with van der Waals surface area (Å²) < 4.78 is 1.70. The second-order valence-electron chi connectivity index (χ2n) is 4.83. The number of nitrogens with one attached hydrogen (secondary N) is 1. The minimum atomic E-state index is 0.0492. The van der Waals surface area contributed by atoms with Crippen LogP contribution in [0.25, 0.3) is 0 Å². The van der Waals surface area contributed by atoms with Crippen molar-refractivity contribution in [2.75, 3.05) is 32.7 Å². The fourth-order valence-electron chi connectivity index (χ4n) is 2.14.